The summed E-state index contributed by atoms with van der Waals surface area (Å²) in [7, 11) is 3.23. The largest absolute Gasteiger partial charge is 0.398 e. The molecule has 1 saturated carbocycles. The highest BCUT2D eigenvalue weighted by Gasteiger charge is 2.72. The Balaban J connectivity index is 1.77. The number of nitrogens with two attached hydrogens (primary N) is 1. The molecule has 0 aliphatic heterocycles. The summed E-state index contributed by atoms with van der Waals surface area (Å²) in [5.74, 6) is -1.50. The van der Waals surface area contributed by atoms with Crippen molar-refractivity contribution in [2.45, 2.75) is 33.7 Å². The summed E-state index contributed by atoms with van der Waals surface area (Å²) in [6.07, 6.45) is 0.782. The van der Waals surface area contributed by atoms with E-state index >= 15 is 0 Å². The number of hydrogen-bond donors (Lipinski definition) is 2. The predicted molar refractivity (Wildman–Crippen MR) is 116 cm³/mol. The van der Waals surface area contributed by atoms with Crippen LogP contribution >= 0.6 is 0 Å². The average Bonchev–Trinajstić information content (AvgIpc) is 3.10. The van der Waals surface area contributed by atoms with Crippen LogP contribution in [0.2, 0.25) is 0 Å². The molecule has 2 aromatic rings. The Bertz CT molecular complexity index is 997. The minimum absolute atomic E-state index is 0.140. The maximum Gasteiger partial charge on any atom is 0.227 e. The number of nitrogens with one attached hydrogen (secondary N) is 1. The van der Waals surface area contributed by atoms with E-state index in [1.807, 2.05) is 6.07 Å². The minimum Gasteiger partial charge on any atom is -0.398 e. The number of nitrogens with zero attached hydrogens (tertiary/aromatic N) is 2. The molecule has 1 fully saturated rings. The number of amides is 2. The molecule has 0 spiro atoms. The van der Waals surface area contributed by atoms with Crippen LogP contribution in [0, 0.1) is 23.2 Å². The molecule has 3 rings (SSSR count). The van der Waals surface area contributed by atoms with Crippen molar-refractivity contribution in [2.24, 2.45) is 23.2 Å². The fourth-order valence-electron chi connectivity index (χ4n) is 4.13. The molecule has 0 saturated heterocycles. The van der Waals surface area contributed by atoms with Gasteiger partial charge in [0.2, 0.25) is 11.8 Å². The van der Waals surface area contributed by atoms with Crippen molar-refractivity contribution in [1.82, 2.24) is 15.4 Å². The Morgan fingerprint density at radius 1 is 1.23 bits per heavy atom. The summed E-state index contributed by atoms with van der Waals surface area (Å²) in [4.78, 5) is 40.5. The van der Waals surface area contributed by atoms with Gasteiger partial charge in [0.25, 0.3) is 0 Å². The molecule has 1 aromatic carbocycles. The first-order valence-electron chi connectivity index (χ1n) is 10.4. The molecule has 31 heavy (non-hydrogen) atoms. The first kappa shape index (κ1) is 22.5. The van der Waals surface area contributed by atoms with Gasteiger partial charge in [0, 0.05) is 31.4 Å². The number of carbonyl (C=O) groups is 3. The van der Waals surface area contributed by atoms with E-state index in [0.29, 0.717) is 22.9 Å². The van der Waals surface area contributed by atoms with Gasteiger partial charge in [-0.25, -0.2) is 0 Å². The van der Waals surface area contributed by atoms with E-state index in [1.165, 1.54) is 4.90 Å². The van der Waals surface area contributed by atoms with Crippen molar-refractivity contribution >= 4 is 23.3 Å². The van der Waals surface area contributed by atoms with Crippen LogP contribution in [0.25, 0.3) is 0 Å². The third-order valence-electron chi connectivity index (χ3n) is 5.86. The van der Waals surface area contributed by atoms with Crippen molar-refractivity contribution in [3.05, 3.63) is 47.3 Å². The van der Waals surface area contributed by atoms with Crippen LogP contribution in [0.5, 0.6) is 0 Å². The molecule has 166 valence electrons. The van der Waals surface area contributed by atoms with E-state index in [4.69, 9.17) is 10.3 Å². The van der Waals surface area contributed by atoms with Gasteiger partial charge in [-0.05, 0) is 24.5 Å². The zero-order valence-electron chi connectivity index (χ0n) is 18.6. The maximum atomic E-state index is 13.3. The van der Waals surface area contributed by atoms with Gasteiger partial charge in [0.05, 0.1) is 29.5 Å². The molecular formula is C23H30N4O4. The van der Waals surface area contributed by atoms with Gasteiger partial charge in [-0.1, -0.05) is 38.1 Å². The molecule has 0 radical (unpaired) electrons. The highest BCUT2D eigenvalue weighted by molar-refractivity contribution is 6.13. The van der Waals surface area contributed by atoms with E-state index in [9.17, 15) is 14.4 Å². The van der Waals surface area contributed by atoms with Gasteiger partial charge in [-0.3, -0.25) is 14.4 Å². The second kappa shape index (κ2) is 8.53. The van der Waals surface area contributed by atoms with Gasteiger partial charge < -0.3 is 20.5 Å². The monoisotopic (exact) mass is 426 g/mol. The van der Waals surface area contributed by atoms with Gasteiger partial charge in [-0.2, -0.15) is 0 Å². The molecule has 2 amide bonds. The second-order valence-corrected chi connectivity index (χ2v) is 8.99. The predicted octanol–water partition coefficient (Wildman–Crippen LogP) is 2.29. The Labute approximate surface area is 182 Å². The lowest BCUT2D eigenvalue weighted by Gasteiger charge is -2.14. The molecule has 1 aliphatic rings. The topological polar surface area (TPSA) is 119 Å². The van der Waals surface area contributed by atoms with Gasteiger partial charge in [0.1, 0.15) is 0 Å². The molecule has 0 unspecified atom stereocenters. The third kappa shape index (κ3) is 4.33. The van der Waals surface area contributed by atoms with Crippen LogP contribution in [-0.4, -0.2) is 41.7 Å². The zero-order valence-corrected chi connectivity index (χ0v) is 18.6. The number of anilines is 1. The highest BCUT2D eigenvalue weighted by Crippen LogP contribution is 2.61. The normalized spacial score (nSPS) is 22.3. The van der Waals surface area contributed by atoms with Gasteiger partial charge >= 0.3 is 0 Å². The number of benzene rings is 1. The lowest BCUT2D eigenvalue weighted by Crippen LogP contribution is -2.29. The second-order valence-electron chi connectivity index (χ2n) is 8.99. The van der Waals surface area contributed by atoms with Crippen LogP contribution in [0.3, 0.4) is 0 Å². The van der Waals surface area contributed by atoms with E-state index < -0.39 is 17.3 Å². The summed E-state index contributed by atoms with van der Waals surface area (Å²) in [6.45, 7) is 5.97. The first-order valence-corrected chi connectivity index (χ1v) is 10.4. The van der Waals surface area contributed by atoms with Crippen molar-refractivity contribution in [1.29, 1.82) is 0 Å². The van der Waals surface area contributed by atoms with Crippen molar-refractivity contribution < 1.29 is 18.9 Å². The molecule has 3 atom stereocenters. The minimum atomic E-state index is -1.16. The SMILES string of the molecule is CC(C)Cc1cc(CNC(=O)[C@@H]2[C@H](C(=O)N(C)C)[C@]2(C)C(=O)c2ccccc2N)on1. The fourth-order valence-corrected chi connectivity index (χ4v) is 4.13. The van der Waals surface area contributed by atoms with Crippen LogP contribution in [0.15, 0.2) is 34.9 Å². The number of rotatable bonds is 8. The van der Waals surface area contributed by atoms with Crippen LogP contribution < -0.4 is 11.1 Å². The molecule has 1 heterocycles. The Hall–Kier alpha value is -3.16. The third-order valence-corrected chi connectivity index (χ3v) is 5.86. The number of para-hydroxylation sites is 1. The molecule has 0 bridgehead atoms. The van der Waals surface area contributed by atoms with Crippen molar-refractivity contribution in [3.63, 3.8) is 0 Å². The number of Topliss-reactive ketones (excluding diaryl/α,β-unsaturated/α-hetero) is 1. The summed E-state index contributed by atoms with van der Waals surface area (Å²) in [6, 6.07) is 8.52. The molecule has 8 nitrogen and oxygen atoms in total. The summed E-state index contributed by atoms with van der Waals surface area (Å²) >= 11 is 0. The Morgan fingerprint density at radius 2 is 1.90 bits per heavy atom. The van der Waals surface area contributed by atoms with Crippen molar-refractivity contribution in [3.8, 4) is 0 Å². The average molecular weight is 427 g/mol. The highest BCUT2D eigenvalue weighted by atomic mass is 16.5. The zero-order chi connectivity index (χ0) is 22.9. The lowest BCUT2D eigenvalue weighted by molar-refractivity contribution is -0.132. The van der Waals surface area contributed by atoms with Crippen LogP contribution in [-0.2, 0) is 22.6 Å². The van der Waals surface area contributed by atoms with E-state index in [-0.39, 0.29) is 24.1 Å². The van der Waals surface area contributed by atoms with Gasteiger partial charge in [-0.15, -0.1) is 0 Å². The van der Waals surface area contributed by atoms with E-state index in [1.54, 1.807) is 45.3 Å². The number of hydrogen-bond acceptors (Lipinski definition) is 6. The molecule has 1 aliphatic carbocycles. The molecule has 1 aromatic heterocycles. The van der Waals surface area contributed by atoms with Crippen LogP contribution in [0.1, 0.15) is 42.6 Å². The number of ketones is 1. The van der Waals surface area contributed by atoms with Crippen LogP contribution in [0.4, 0.5) is 5.69 Å². The fraction of sp³-hybridized carbons (Fsp3) is 0.478. The Kier molecular flexibility index (Phi) is 6.20. The summed E-state index contributed by atoms with van der Waals surface area (Å²) in [5.41, 5.74) is 6.30. The van der Waals surface area contributed by atoms with E-state index in [2.05, 4.69) is 24.3 Å². The first-order chi connectivity index (χ1) is 14.6. The number of nitrogen functional groups attached to an aromatic ring is 1. The summed E-state index contributed by atoms with van der Waals surface area (Å²) in [5, 5.41) is 6.81. The lowest BCUT2D eigenvalue weighted by atomic mass is 9.91. The number of aromatic nitrogens is 1. The van der Waals surface area contributed by atoms with Crippen molar-refractivity contribution in [2.75, 3.05) is 19.8 Å². The standard InChI is InChI=1S/C23H30N4O4/c1-13(2)10-14-11-15(31-26-14)12-25-21(29)18-19(22(30)27(4)5)23(18,3)20(28)16-8-6-7-9-17(16)24/h6-9,11,13,18-19H,10,12,24H2,1-5H3,(H,25,29)/t18-,19+,23+/m0/s1. The number of carbonyl (C=O) groups excluding carboxylic acids is 3. The summed E-state index contributed by atoms with van der Waals surface area (Å²) < 4.78 is 5.29. The van der Waals surface area contributed by atoms with E-state index in [0.717, 1.165) is 12.1 Å². The maximum absolute atomic E-state index is 13.3. The molecule has 8 heteroatoms. The molecule has 3 N–H and O–H groups in total. The Morgan fingerprint density at radius 3 is 2.52 bits per heavy atom. The smallest absolute Gasteiger partial charge is 0.227 e. The quantitative estimate of drug-likeness (QED) is 0.494. The molecular weight excluding hydrogens is 396 g/mol. The van der Waals surface area contributed by atoms with Gasteiger partial charge in [0.15, 0.2) is 11.5 Å².